The molecule has 1 N–H and O–H groups in total. The summed E-state index contributed by atoms with van der Waals surface area (Å²) in [6, 6.07) is 3.49. The second-order valence-corrected chi connectivity index (χ2v) is 5.98. The summed E-state index contributed by atoms with van der Waals surface area (Å²) in [5.41, 5.74) is 1.52. The third-order valence-electron chi connectivity index (χ3n) is 3.40. The average molecular weight is 281 g/mol. The number of halogens is 1. The van der Waals surface area contributed by atoms with Crippen LogP contribution in [0.3, 0.4) is 0 Å². The van der Waals surface area contributed by atoms with Gasteiger partial charge in [0.05, 0.1) is 6.10 Å². The summed E-state index contributed by atoms with van der Waals surface area (Å²) >= 11 is 0. The SMILES string of the molecule is CCNC(C)c1cc(F)c(C)cc1OC(C)CC(C)C. The van der Waals surface area contributed by atoms with Crippen LogP contribution in [-0.4, -0.2) is 12.6 Å². The first-order valence-corrected chi connectivity index (χ1v) is 7.55. The van der Waals surface area contributed by atoms with Crippen LogP contribution in [0.5, 0.6) is 5.75 Å². The molecule has 2 atom stereocenters. The molecule has 0 fully saturated rings. The monoisotopic (exact) mass is 281 g/mol. The highest BCUT2D eigenvalue weighted by atomic mass is 19.1. The molecule has 0 aliphatic carbocycles. The van der Waals surface area contributed by atoms with Gasteiger partial charge in [-0.2, -0.15) is 0 Å². The van der Waals surface area contributed by atoms with Crippen LogP contribution in [0.4, 0.5) is 4.39 Å². The summed E-state index contributed by atoms with van der Waals surface area (Å²) in [6.45, 7) is 13.1. The molecule has 0 saturated carbocycles. The molecule has 2 unspecified atom stereocenters. The van der Waals surface area contributed by atoms with E-state index in [0.29, 0.717) is 11.5 Å². The van der Waals surface area contributed by atoms with Crippen LogP contribution in [-0.2, 0) is 0 Å². The topological polar surface area (TPSA) is 21.3 Å². The average Bonchev–Trinajstić information content (AvgIpc) is 2.32. The Bertz CT molecular complexity index is 431. The molecule has 2 nitrogen and oxygen atoms in total. The van der Waals surface area contributed by atoms with Gasteiger partial charge in [0.2, 0.25) is 0 Å². The summed E-state index contributed by atoms with van der Waals surface area (Å²) in [5, 5.41) is 3.32. The maximum Gasteiger partial charge on any atom is 0.126 e. The first kappa shape index (κ1) is 17.0. The van der Waals surface area contributed by atoms with Gasteiger partial charge in [0, 0.05) is 11.6 Å². The Kier molecular flexibility index (Phi) is 6.47. The Morgan fingerprint density at radius 3 is 2.40 bits per heavy atom. The number of hydrogen-bond acceptors (Lipinski definition) is 2. The number of aryl methyl sites for hydroxylation is 1. The van der Waals surface area contributed by atoms with E-state index in [2.05, 4.69) is 26.1 Å². The Balaban J connectivity index is 3.00. The van der Waals surface area contributed by atoms with Crippen molar-refractivity contribution in [2.24, 2.45) is 5.92 Å². The van der Waals surface area contributed by atoms with Crippen LogP contribution in [0.2, 0.25) is 0 Å². The number of nitrogens with one attached hydrogen (secondary N) is 1. The lowest BCUT2D eigenvalue weighted by molar-refractivity contribution is 0.190. The van der Waals surface area contributed by atoms with Gasteiger partial charge in [0.1, 0.15) is 11.6 Å². The second-order valence-electron chi connectivity index (χ2n) is 5.98. The fraction of sp³-hybridized carbons (Fsp3) is 0.647. The van der Waals surface area contributed by atoms with Gasteiger partial charge in [-0.15, -0.1) is 0 Å². The van der Waals surface area contributed by atoms with Crippen LogP contribution in [0.1, 0.15) is 58.2 Å². The highest BCUT2D eigenvalue weighted by Gasteiger charge is 2.16. The maximum absolute atomic E-state index is 13.8. The van der Waals surface area contributed by atoms with E-state index in [1.807, 2.05) is 19.9 Å². The fourth-order valence-corrected chi connectivity index (χ4v) is 2.46. The van der Waals surface area contributed by atoms with Crippen LogP contribution < -0.4 is 10.1 Å². The largest absolute Gasteiger partial charge is 0.490 e. The van der Waals surface area contributed by atoms with Gasteiger partial charge < -0.3 is 10.1 Å². The predicted octanol–water partition coefficient (Wildman–Crippen LogP) is 4.62. The van der Waals surface area contributed by atoms with Crippen LogP contribution >= 0.6 is 0 Å². The Morgan fingerprint density at radius 1 is 1.20 bits per heavy atom. The second kappa shape index (κ2) is 7.63. The lowest BCUT2D eigenvalue weighted by Gasteiger charge is -2.22. The molecule has 0 heterocycles. The van der Waals surface area contributed by atoms with E-state index in [0.717, 1.165) is 24.3 Å². The van der Waals surface area contributed by atoms with Crippen LogP contribution in [0.25, 0.3) is 0 Å². The molecule has 114 valence electrons. The van der Waals surface area contributed by atoms with Crippen molar-refractivity contribution in [3.05, 3.63) is 29.1 Å². The van der Waals surface area contributed by atoms with E-state index >= 15 is 0 Å². The normalized spacial score (nSPS) is 14.4. The molecule has 0 radical (unpaired) electrons. The Labute approximate surface area is 122 Å². The third kappa shape index (κ3) is 4.78. The van der Waals surface area contributed by atoms with E-state index in [-0.39, 0.29) is 18.0 Å². The zero-order valence-electron chi connectivity index (χ0n) is 13.6. The highest BCUT2D eigenvalue weighted by Crippen LogP contribution is 2.29. The fourth-order valence-electron chi connectivity index (χ4n) is 2.46. The Hall–Kier alpha value is -1.09. The number of hydrogen-bond donors (Lipinski definition) is 1. The van der Waals surface area contributed by atoms with Crippen LogP contribution in [0, 0.1) is 18.7 Å². The predicted molar refractivity (Wildman–Crippen MR) is 82.8 cm³/mol. The maximum atomic E-state index is 13.8. The molecule has 3 heteroatoms. The molecule has 1 rings (SSSR count). The summed E-state index contributed by atoms with van der Waals surface area (Å²) in [7, 11) is 0. The molecule has 0 aliphatic heterocycles. The minimum atomic E-state index is -0.173. The number of rotatable bonds is 7. The summed E-state index contributed by atoms with van der Waals surface area (Å²) in [4.78, 5) is 0. The van der Waals surface area contributed by atoms with Crippen molar-refractivity contribution < 1.29 is 9.13 Å². The Morgan fingerprint density at radius 2 is 1.85 bits per heavy atom. The van der Waals surface area contributed by atoms with Crippen LogP contribution in [0.15, 0.2) is 12.1 Å². The standard InChI is InChI=1S/C17H28FNO/c1-7-19-14(6)15-10-16(18)12(4)9-17(15)20-13(5)8-11(2)3/h9-11,13-14,19H,7-8H2,1-6H3. The van der Waals surface area contributed by atoms with Crippen molar-refractivity contribution in [2.45, 2.75) is 60.1 Å². The lowest BCUT2D eigenvalue weighted by Crippen LogP contribution is -2.21. The first-order valence-electron chi connectivity index (χ1n) is 7.55. The minimum Gasteiger partial charge on any atom is -0.490 e. The number of benzene rings is 1. The first-order chi connectivity index (χ1) is 9.35. The number of ether oxygens (including phenoxy) is 1. The molecule has 20 heavy (non-hydrogen) atoms. The third-order valence-corrected chi connectivity index (χ3v) is 3.40. The van der Waals surface area contributed by atoms with Gasteiger partial charge in [0.25, 0.3) is 0 Å². The molecule has 0 spiro atoms. The summed E-state index contributed by atoms with van der Waals surface area (Å²) in [6.07, 6.45) is 1.12. The molecule has 0 amide bonds. The molecular weight excluding hydrogens is 253 g/mol. The molecule has 0 saturated heterocycles. The smallest absolute Gasteiger partial charge is 0.126 e. The minimum absolute atomic E-state index is 0.0800. The molecule has 0 aliphatic rings. The molecule has 0 bridgehead atoms. The van der Waals surface area contributed by atoms with E-state index in [4.69, 9.17) is 4.74 Å². The van der Waals surface area contributed by atoms with Gasteiger partial charge >= 0.3 is 0 Å². The molecule has 0 aromatic heterocycles. The van der Waals surface area contributed by atoms with Gasteiger partial charge in [-0.1, -0.05) is 20.8 Å². The lowest BCUT2D eigenvalue weighted by atomic mass is 10.0. The van der Waals surface area contributed by atoms with E-state index in [9.17, 15) is 4.39 Å². The quantitative estimate of drug-likeness (QED) is 0.787. The molecule has 1 aromatic carbocycles. The summed E-state index contributed by atoms with van der Waals surface area (Å²) < 4.78 is 19.9. The van der Waals surface area contributed by atoms with Crippen molar-refractivity contribution in [3.8, 4) is 5.75 Å². The van der Waals surface area contributed by atoms with E-state index < -0.39 is 0 Å². The van der Waals surface area contributed by atoms with Gasteiger partial charge in [-0.25, -0.2) is 4.39 Å². The van der Waals surface area contributed by atoms with Crippen molar-refractivity contribution in [1.29, 1.82) is 0 Å². The van der Waals surface area contributed by atoms with E-state index in [1.54, 1.807) is 13.0 Å². The van der Waals surface area contributed by atoms with E-state index in [1.165, 1.54) is 0 Å². The molecular formula is C17H28FNO. The van der Waals surface area contributed by atoms with Crippen molar-refractivity contribution >= 4 is 0 Å². The van der Waals surface area contributed by atoms with Gasteiger partial charge in [-0.05, 0) is 57.4 Å². The summed E-state index contributed by atoms with van der Waals surface area (Å²) in [5.74, 6) is 1.21. The van der Waals surface area contributed by atoms with Crippen molar-refractivity contribution in [3.63, 3.8) is 0 Å². The van der Waals surface area contributed by atoms with Gasteiger partial charge in [0.15, 0.2) is 0 Å². The van der Waals surface area contributed by atoms with Crippen molar-refractivity contribution in [1.82, 2.24) is 5.32 Å². The van der Waals surface area contributed by atoms with Gasteiger partial charge in [-0.3, -0.25) is 0 Å². The highest BCUT2D eigenvalue weighted by molar-refractivity contribution is 5.40. The van der Waals surface area contributed by atoms with Crippen molar-refractivity contribution in [2.75, 3.05) is 6.54 Å². The molecule has 1 aromatic rings. The zero-order valence-corrected chi connectivity index (χ0v) is 13.6. The zero-order chi connectivity index (χ0) is 15.3.